The molecule has 25 heavy (non-hydrogen) atoms. The maximum atomic E-state index is 12.5. The van der Waals surface area contributed by atoms with Crippen molar-refractivity contribution in [2.45, 2.75) is 19.8 Å². The van der Waals surface area contributed by atoms with Crippen LogP contribution >= 0.6 is 23.2 Å². The second-order valence-corrected chi connectivity index (χ2v) is 6.87. The van der Waals surface area contributed by atoms with Gasteiger partial charge in [-0.05, 0) is 18.2 Å². The summed E-state index contributed by atoms with van der Waals surface area (Å²) >= 11 is 11.9. The van der Waals surface area contributed by atoms with Crippen LogP contribution in [0, 0.1) is 0 Å². The van der Waals surface area contributed by atoms with Crippen LogP contribution in [0.2, 0.25) is 10.0 Å². The van der Waals surface area contributed by atoms with E-state index in [2.05, 4.69) is 4.98 Å². The third kappa shape index (κ3) is 2.51. The van der Waals surface area contributed by atoms with Gasteiger partial charge in [0.05, 0.1) is 15.6 Å². The molecule has 2 heterocycles. The number of hydrogen-bond acceptors (Lipinski definition) is 5. The maximum Gasteiger partial charge on any atom is 0.266 e. The largest absolute Gasteiger partial charge is 0.437 e. The normalized spacial score (nSPS) is 14.0. The van der Waals surface area contributed by atoms with E-state index in [9.17, 15) is 9.59 Å². The van der Waals surface area contributed by atoms with E-state index in [-0.39, 0.29) is 32.7 Å². The van der Waals surface area contributed by atoms with E-state index in [1.54, 1.807) is 6.07 Å². The van der Waals surface area contributed by atoms with Gasteiger partial charge in [-0.1, -0.05) is 37.0 Å². The first kappa shape index (κ1) is 16.1. The minimum Gasteiger partial charge on any atom is -0.437 e. The van der Waals surface area contributed by atoms with Crippen LogP contribution in [0.3, 0.4) is 0 Å². The molecule has 3 aromatic rings. The van der Waals surface area contributed by atoms with Gasteiger partial charge in [-0.25, -0.2) is 0 Å². The number of halogens is 2. The van der Waals surface area contributed by atoms with Crippen LogP contribution in [0.25, 0.3) is 17.4 Å². The Balaban J connectivity index is 1.76. The second-order valence-electron chi connectivity index (χ2n) is 6.05. The summed E-state index contributed by atoms with van der Waals surface area (Å²) < 4.78 is 11.1. The lowest BCUT2D eigenvalue weighted by molar-refractivity contribution is 0.0990. The lowest BCUT2D eigenvalue weighted by Crippen LogP contribution is -1.99. The molecule has 1 aliphatic rings. The molecule has 0 amide bonds. The summed E-state index contributed by atoms with van der Waals surface area (Å²) in [4.78, 5) is 29.2. The first-order chi connectivity index (χ1) is 11.8. The van der Waals surface area contributed by atoms with Gasteiger partial charge in [-0.3, -0.25) is 9.59 Å². The Labute approximate surface area is 152 Å². The number of carbonyl (C=O) groups is 2. The summed E-state index contributed by atoms with van der Waals surface area (Å²) in [5.41, 5.74) is 1.27. The zero-order chi connectivity index (χ0) is 17.9. The molecule has 0 unspecified atom stereocenters. The number of furan rings is 1. The van der Waals surface area contributed by atoms with Crippen LogP contribution in [0.15, 0.2) is 32.6 Å². The molecule has 2 aromatic heterocycles. The van der Waals surface area contributed by atoms with Crippen molar-refractivity contribution in [3.63, 3.8) is 0 Å². The first-order valence-corrected chi connectivity index (χ1v) is 8.31. The molecule has 0 saturated carbocycles. The molecule has 7 heteroatoms. The van der Waals surface area contributed by atoms with Crippen molar-refractivity contribution >= 4 is 52.1 Å². The fraction of sp³-hybridized carbons (Fsp3) is 0.167. The van der Waals surface area contributed by atoms with Crippen molar-refractivity contribution in [1.82, 2.24) is 4.98 Å². The number of Topliss-reactive ketones (excluding diaryl/α,β-unsaturated/α-hetero) is 2. The van der Waals surface area contributed by atoms with Gasteiger partial charge in [-0.2, -0.15) is 4.98 Å². The standard InChI is InChI=1S/C18H11Cl2NO4/c1-7(2)17-21-18-14(25-17)4-8(24-18)3-11-15(22)9-5-12(19)13(20)6-10(9)16(11)23/h3-7H,1-2H3. The average Bonchev–Trinajstić information content (AvgIpc) is 3.17. The van der Waals surface area contributed by atoms with E-state index in [4.69, 9.17) is 32.0 Å². The third-order valence-corrected chi connectivity index (χ3v) is 4.67. The maximum absolute atomic E-state index is 12.5. The molecular formula is C18H11Cl2NO4. The highest BCUT2D eigenvalue weighted by Gasteiger charge is 2.34. The number of rotatable bonds is 2. The number of allylic oxidation sites excluding steroid dienone is 1. The minimum absolute atomic E-state index is 0.00572. The van der Waals surface area contributed by atoms with E-state index >= 15 is 0 Å². The van der Waals surface area contributed by atoms with Crippen LogP contribution in [0.5, 0.6) is 0 Å². The number of aromatic nitrogens is 1. The predicted octanol–water partition coefficient (Wildman–Crippen LogP) is 5.31. The molecule has 0 saturated heterocycles. The zero-order valence-electron chi connectivity index (χ0n) is 13.2. The number of fused-ring (bicyclic) bond motifs is 2. The van der Waals surface area contributed by atoms with Gasteiger partial charge in [0.25, 0.3) is 5.71 Å². The molecule has 0 atom stereocenters. The Hall–Kier alpha value is -2.37. The molecule has 0 bridgehead atoms. The van der Waals surface area contributed by atoms with Gasteiger partial charge < -0.3 is 8.83 Å². The quantitative estimate of drug-likeness (QED) is 0.447. The minimum atomic E-state index is -0.414. The summed E-state index contributed by atoms with van der Waals surface area (Å²) in [5.74, 6) is 0.187. The lowest BCUT2D eigenvalue weighted by atomic mass is 10.1. The van der Waals surface area contributed by atoms with Crippen molar-refractivity contribution in [2.24, 2.45) is 0 Å². The fourth-order valence-corrected chi connectivity index (χ4v) is 3.00. The highest BCUT2D eigenvalue weighted by molar-refractivity contribution is 6.46. The Morgan fingerprint density at radius 2 is 1.60 bits per heavy atom. The monoisotopic (exact) mass is 375 g/mol. The highest BCUT2D eigenvalue weighted by atomic mass is 35.5. The molecule has 126 valence electrons. The summed E-state index contributed by atoms with van der Waals surface area (Å²) in [6, 6.07) is 4.42. The number of oxazole rings is 1. The van der Waals surface area contributed by atoms with Crippen LogP contribution in [-0.2, 0) is 0 Å². The van der Waals surface area contributed by atoms with Crippen LogP contribution in [-0.4, -0.2) is 16.6 Å². The lowest BCUT2D eigenvalue weighted by Gasteiger charge is -1.98. The van der Waals surface area contributed by atoms with Gasteiger partial charge in [0.15, 0.2) is 17.1 Å². The SMILES string of the molecule is CC(C)c1nc2oc(C=C3C(=O)c4cc(Cl)c(Cl)cc4C3=O)cc2o1. The molecule has 1 aliphatic carbocycles. The molecule has 0 aliphatic heterocycles. The van der Waals surface area contributed by atoms with Crippen molar-refractivity contribution in [3.05, 3.63) is 56.6 Å². The average molecular weight is 376 g/mol. The Kier molecular flexibility index (Phi) is 3.60. The molecule has 4 rings (SSSR count). The van der Waals surface area contributed by atoms with Crippen LogP contribution in [0.4, 0.5) is 0 Å². The number of carbonyl (C=O) groups excluding carboxylic acids is 2. The molecule has 1 aromatic carbocycles. The van der Waals surface area contributed by atoms with Gasteiger partial charge in [-0.15, -0.1) is 0 Å². The van der Waals surface area contributed by atoms with Gasteiger partial charge in [0, 0.05) is 23.1 Å². The Morgan fingerprint density at radius 1 is 1.00 bits per heavy atom. The number of ketones is 2. The van der Waals surface area contributed by atoms with E-state index in [1.165, 1.54) is 18.2 Å². The topological polar surface area (TPSA) is 73.3 Å². The summed E-state index contributed by atoms with van der Waals surface area (Å²) in [5, 5.41) is 0.451. The van der Waals surface area contributed by atoms with E-state index in [0.29, 0.717) is 22.9 Å². The van der Waals surface area contributed by atoms with Crippen LogP contribution in [0.1, 0.15) is 52.1 Å². The van der Waals surface area contributed by atoms with Gasteiger partial charge >= 0.3 is 0 Å². The molecule has 0 fully saturated rings. The summed E-state index contributed by atoms with van der Waals surface area (Å²) in [7, 11) is 0. The third-order valence-electron chi connectivity index (χ3n) is 3.94. The molecule has 0 spiro atoms. The van der Waals surface area contributed by atoms with E-state index < -0.39 is 11.6 Å². The summed E-state index contributed by atoms with van der Waals surface area (Å²) in [6.45, 7) is 3.91. The predicted molar refractivity (Wildman–Crippen MR) is 93.5 cm³/mol. The van der Waals surface area contributed by atoms with Crippen molar-refractivity contribution in [2.75, 3.05) is 0 Å². The Bertz CT molecular complexity index is 1010. The van der Waals surface area contributed by atoms with Crippen molar-refractivity contribution in [3.8, 4) is 0 Å². The molecular weight excluding hydrogens is 365 g/mol. The summed E-state index contributed by atoms with van der Waals surface area (Å²) in [6.07, 6.45) is 1.39. The highest BCUT2D eigenvalue weighted by Crippen LogP contribution is 2.35. The smallest absolute Gasteiger partial charge is 0.266 e. The number of benzene rings is 1. The zero-order valence-corrected chi connectivity index (χ0v) is 14.7. The van der Waals surface area contributed by atoms with Crippen LogP contribution < -0.4 is 0 Å². The molecule has 0 radical (unpaired) electrons. The Morgan fingerprint density at radius 3 is 2.12 bits per heavy atom. The van der Waals surface area contributed by atoms with Gasteiger partial charge in [0.1, 0.15) is 5.76 Å². The first-order valence-electron chi connectivity index (χ1n) is 7.55. The van der Waals surface area contributed by atoms with E-state index in [1.807, 2.05) is 13.8 Å². The fourth-order valence-electron chi connectivity index (χ4n) is 2.68. The second kappa shape index (κ2) is 5.58. The van der Waals surface area contributed by atoms with Gasteiger partial charge in [0.2, 0.25) is 5.89 Å². The number of hydrogen-bond donors (Lipinski definition) is 0. The molecule has 5 nitrogen and oxygen atoms in total. The number of nitrogens with zero attached hydrogens (tertiary/aromatic N) is 1. The van der Waals surface area contributed by atoms with Crippen molar-refractivity contribution in [1.29, 1.82) is 0 Å². The van der Waals surface area contributed by atoms with Crippen molar-refractivity contribution < 1.29 is 18.4 Å². The molecule has 0 N–H and O–H groups in total. The van der Waals surface area contributed by atoms with E-state index in [0.717, 1.165) is 0 Å².